The van der Waals surface area contributed by atoms with Crippen molar-refractivity contribution in [1.29, 1.82) is 0 Å². The highest BCUT2D eigenvalue weighted by Gasteiger charge is 2.48. The molecule has 1 N–H and O–H groups in total. The monoisotopic (exact) mass is 309 g/mol. The largest absolute Gasteiger partial charge is 0.418 e. The average molecular weight is 309 g/mol. The van der Waals surface area contributed by atoms with Gasteiger partial charge in [0.15, 0.2) is 0 Å². The standard InChI is InChI=1S/C16H18F3N3/c1-22-14-12(7-21-22)3-2-11(13(14)16(17,18)19)4-10-5-15(6-10)8-20-9-15/h2-3,7,10,20H,4-6,8-9H2,1H3. The fourth-order valence-corrected chi connectivity index (χ4v) is 4.18. The van der Waals surface area contributed by atoms with Crippen molar-refractivity contribution in [3.05, 3.63) is 29.5 Å². The molecule has 0 radical (unpaired) electrons. The maximum absolute atomic E-state index is 13.6. The molecule has 1 aliphatic carbocycles. The van der Waals surface area contributed by atoms with E-state index in [9.17, 15) is 13.2 Å². The number of aryl methyl sites for hydroxylation is 1. The van der Waals surface area contributed by atoms with Crippen molar-refractivity contribution in [3.8, 4) is 0 Å². The number of hydrogen-bond acceptors (Lipinski definition) is 2. The summed E-state index contributed by atoms with van der Waals surface area (Å²) in [7, 11) is 1.57. The lowest BCUT2D eigenvalue weighted by Crippen LogP contribution is -2.60. The number of nitrogens with zero attached hydrogens (tertiary/aromatic N) is 2. The Morgan fingerprint density at radius 1 is 1.32 bits per heavy atom. The molecule has 0 atom stereocenters. The second-order valence-corrected chi connectivity index (χ2v) is 6.89. The van der Waals surface area contributed by atoms with Crippen LogP contribution in [0.15, 0.2) is 18.3 Å². The van der Waals surface area contributed by atoms with Gasteiger partial charge < -0.3 is 5.32 Å². The number of aromatic nitrogens is 2. The SMILES string of the molecule is Cn1ncc2ccc(CC3CC4(CNC4)C3)c(C(F)(F)F)c21. The summed E-state index contributed by atoms with van der Waals surface area (Å²) in [6, 6.07) is 3.39. The van der Waals surface area contributed by atoms with Gasteiger partial charge >= 0.3 is 6.18 Å². The van der Waals surface area contributed by atoms with Crippen molar-refractivity contribution in [1.82, 2.24) is 15.1 Å². The summed E-state index contributed by atoms with van der Waals surface area (Å²) in [6.07, 6.45) is -0.256. The lowest BCUT2D eigenvalue weighted by atomic mass is 9.57. The summed E-state index contributed by atoms with van der Waals surface area (Å²) in [5, 5.41) is 7.79. The Labute approximate surface area is 126 Å². The van der Waals surface area contributed by atoms with Gasteiger partial charge in [-0.05, 0) is 36.2 Å². The zero-order valence-corrected chi connectivity index (χ0v) is 12.4. The number of rotatable bonds is 2. The molecular formula is C16H18F3N3. The zero-order valence-electron chi connectivity index (χ0n) is 12.4. The molecule has 0 amide bonds. The highest BCUT2D eigenvalue weighted by Crippen LogP contribution is 2.50. The lowest BCUT2D eigenvalue weighted by molar-refractivity contribution is -0.137. The van der Waals surface area contributed by atoms with Gasteiger partial charge in [-0.3, -0.25) is 4.68 Å². The molecule has 1 aromatic heterocycles. The van der Waals surface area contributed by atoms with E-state index in [1.807, 2.05) is 0 Å². The summed E-state index contributed by atoms with van der Waals surface area (Å²) in [5.74, 6) is 0.369. The van der Waals surface area contributed by atoms with Gasteiger partial charge in [0, 0.05) is 25.5 Å². The molecule has 1 spiro atoms. The van der Waals surface area contributed by atoms with Gasteiger partial charge in [0.25, 0.3) is 0 Å². The van der Waals surface area contributed by atoms with Gasteiger partial charge in [-0.25, -0.2) is 0 Å². The summed E-state index contributed by atoms with van der Waals surface area (Å²) in [5.41, 5.74) is 0.498. The molecular weight excluding hydrogens is 291 g/mol. The molecule has 2 aromatic rings. The molecule has 1 aromatic carbocycles. The maximum atomic E-state index is 13.6. The molecule has 118 valence electrons. The van der Waals surface area contributed by atoms with Crippen molar-refractivity contribution < 1.29 is 13.2 Å². The normalized spacial score (nSPS) is 21.1. The van der Waals surface area contributed by atoms with Gasteiger partial charge in [0.2, 0.25) is 0 Å². The van der Waals surface area contributed by atoms with E-state index in [1.165, 1.54) is 10.9 Å². The predicted molar refractivity (Wildman–Crippen MR) is 77.4 cm³/mol. The molecule has 1 saturated carbocycles. The first kappa shape index (κ1) is 14.1. The van der Waals surface area contributed by atoms with Crippen LogP contribution in [0.1, 0.15) is 24.0 Å². The molecule has 22 heavy (non-hydrogen) atoms. The Morgan fingerprint density at radius 3 is 2.64 bits per heavy atom. The van der Waals surface area contributed by atoms with Crippen LogP contribution in [0.2, 0.25) is 0 Å². The third-order valence-electron chi connectivity index (χ3n) is 5.22. The molecule has 2 aliphatic rings. The van der Waals surface area contributed by atoms with Crippen molar-refractivity contribution in [2.45, 2.75) is 25.4 Å². The maximum Gasteiger partial charge on any atom is 0.418 e. The molecule has 2 heterocycles. The van der Waals surface area contributed by atoms with Gasteiger partial charge in [0.05, 0.1) is 17.3 Å². The zero-order chi connectivity index (χ0) is 15.5. The number of benzene rings is 1. The number of hydrogen-bond donors (Lipinski definition) is 1. The number of halogens is 3. The van der Waals surface area contributed by atoms with Crippen LogP contribution in [0.4, 0.5) is 13.2 Å². The molecule has 2 fully saturated rings. The molecule has 6 heteroatoms. The van der Waals surface area contributed by atoms with E-state index in [2.05, 4.69) is 10.4 Å². The Kier molecular flexibility index (Phi) is 2.86. The van der Waals surface area contributed by atoms with E-state index in [4.69, 9.17) is 0 Å². The fraction of sp³-hybridized carbons (Fsp3) is 0.562. The van der Waals surface area contributed by atoms with E-state index >= 15 is 0 Å². The lowest BCUT2D eigenvalue weighted by Gasteiger charge is -2.54. The highest BCUT2D eigenvalue weighted by molar-refractivity contribution is 5.83. The van der Waals surface area contributed by atoms with E-state index in [0.29, 0.717) is 28.7 Å². The summed E-state index contributed by atoms with van der Waals surface area (Å²) < 4.78 is 42.1. The van der Waals surface area contributed by atoms with E-state index in [-0.39, 0.29) is 5.52 Å². The number of nitrogens with one attached hydrogen (secondary N) is 1. The van der Waals surface area contributed by atoms with Crippen molar-refractivity contribution in [3.63, 3.8) is 0 Å². The molecule has 1 aliphatic heterocycles. The van der Waals surface area contributed by atoms with E-state index in [1.54, 1.807) is 19.2 Å². The van der Waals surface area contributed by atoms with Crippen LogP contribution in [-0.2, 0) is 19.6 Å². The Hall–Kier alpha value is -1.56. The van der Waals surface area contributed by atoms with Gasteiger partial charge in [0.1, 0.15) is 0 Å². The van der Waals surface area contributed by atoms with Crippen LogP contribution in [0.5, 0.6) is 0 Å². The van der Waals surface area contributed by atoms with E-state index < -0.39 is 11.7 Å². The first-order valence-electron chi connectivity index (χ1n) is 7.59. The topological polar surface area (TPSA) is 29.9 Å². The minimum absolute atomic E-state index is 0.198. The second kappa shape index (κ2) is 4.47. The molecule has 0 bridgehead atoms. The molecule has 4 rings (SSSR count). The van der Waals surface area contributed by atoms with Crippen LogP contribution in [0, 0.1) is 11.3 Å². The minimum Gasteiger partial charge on any atom is -0.316 e. The van der Waals surface area contributed by atoms with Gasteiger partial charge in [-0.15, -0.1) is 0 Å². The third kappa shape index (κ3) is 2.04. The summed E-state index contributed by atoms with van der Waals surface area (Å²) >= 11 is 0. The summed E-state index contributed by atoms with van der Waals surface area (Å²) in [4.78, 5) is 0. The van der Waals surface area contributed by atoms with Crippen molar-refractivity contribution >= 4 is 10.9 Å². The highest BCUT2D eigenvalue weighted by atomic mass is 19.4. The Bertz CT molecular complexity index is 720. The van der Waals surface area contributed by atoms with Crippen LogP contribution in [0.3, 0.4) is 0 Å². The van der Waals surface area contributed by atoms with E-state index in [0.717, 1.165) is 25.9 Å². The third-order valence-corrected chi connectivity index (χ3v) is 5.22. The van der Waals surface area contributed by atoms with Crippen LogP contribution < -0.4 is 5.32 Å². The quantitative estimate of drug-likeness (QED) is 0.923. The van der Waals surface area contributed by atoms with Gasteiger partial charge in [-0.2, -0.15) is 18.3 Å². The Balaban J connectivity index is 1.69. The Morgan fingerprint density at radius 2 is 2.05 bits per heavy atom. The van der Waals surface area contributed by atoms with Crippen LogP contribution in [0.25, 0.3) is 10.9 Å². The van der Waals surface area contributed by atoms with Crippen molar-refractivity contribution in [2.24, 2.45) is 18.4 Å². The molecule has 0 unspecified atom stereocenters. The first-order chi connectivity index (χ1) is 10.4. The second-order valence-electron chi connectivity index (χ2n) is 6.89. The smallest absolute Gasteiger partial charge is 0.316 e. The van der Waals surface area contributed by atoms with Crippen LogP contribution >= 0.6 is 0 Å². The predicted octanol–water partition coefficient (Wildman–Crippen LogP) is 3.13. The van der Waals surface area contributed by atoms with Crippen LogP contribution in [-0.4, -0.2) is 22.9 Å². The molecule has 3 nitrogen and oxygen atoms in total. The number of fused-ring (bicyclic) bond motifs is 1. The molecule has 1 saturated heterocycles. The minimum atomic E-state index is -4.35. The fourth-order valence-electron chi connectivity index (χ4n) is 4.18. The number of alkyl halides is 3. The van der Waals surface area contributed by atoms with Gasteiger partial charge in [-0.1, -0.05) is 12.1 Å². The first-order valence-corrected chi connectivity index (χ1v) is 7.59. The van der Waals surface area contributed by atoms with Crippen molar-refractivity contribution in [2.75, 3.05) is 13.1 Å². The summed E-state index contributed by atoms with van der Waals surface area (Å²) in [6.45, 7) is 2.05. The average Bonchev–Trinajstić information content (AvgIpc) is 2.71.